The van der Waals surface area contributed by atoms with Gasteiger partial charge in [-0.15, -0.1) is 11.3 Å². The Hall–Kier alpha value is -0.350. The summed E-state index contributed by atoms with van der Waals surface area (Å²) >= 11 is 5.28. The number of hydrogen-bond acceptors (Lipinski definition) is 2. The van der Waals surface area contributed by atoms with Crippen LogP contribution in [0.4, 0.5) is 0 Å². The summed E-state index contributed by atoms with van der Waals surface area (Å²) in [4.78, 5) is 12.4. The van der Waals surface area contributed by atoms with Crippen molar-refractivity contribution in [3.63, 3.8) is 0 Å². The molecule has 0 amide bonds. The molecular formula is C14H19BrO2S. The monoisotopic (exact) mass is 330 g/mol. The van der Waals surface area contributed by atoms with Gasteiger partial charge in [0.05, 0.1) is 10.2 Å². The molecule has 2 rings (SSSR count). The summed E-state index contributed by atoms with van der Waals surface area (Å²) < 4.78 is 1.17. The van der Waals surface area contributed by atoms with Gasteiger partial charge in [-0.25, -0.2) is 0 Å². The molecule has 0 aromatic carbocycles. The molecule has 1 aliphatic carbocycles. The Kier molecular flexibility index (Phi) is 4.49. The number of carboxylic acids is 1. The zero-order chi connectivity index (χ0) is 13.2. The first-order chi connectivity index (χ1) is 8.51. The Bertz CT molecular complexity index is 433. The van der Waals surface area contributed by atoms with Gasteiger partial charge in [-0.1, -0.05) is 12.8 Å². The lowest BCUT2D eigenvalue weighted by Crippen LogP contribution is -2.21. The summed E-state index contributed by atoms with van der Waals surface area (Å²) in [5.74, 6) is -0.639. The summed E-state index contributed by atoms with van der Waals surface area (Å²) in [6, 6.07) is 2.18. The molecule has 18 heavy (non-hydrogen) atoms. The third-order valence-corrected chi connectivity index (χ3v) is 5.70. The maximum atomic E-state index is 11.0. The number of carbonyl (C=O) groups is 1. The second kappa shape index (κ2) is 5.74. The smallest absolute Gasteiger partial charge is 0.303 e. The molecule has 100 valence electrons. The van der Waals surface area contributed by atoms with Crippen LogP contribution in [0, 0.1) is 12.3 Å². The summed E-state index contributed by atoms with van der Waals surface area (Å²) in [5, 5.41) is 9.09. The predicted octanol–water partition coefficient (Wildman–Crippen LogP) is 4.79. The van der Waals surface area contributed by atoms with E-state index in [1.54, 1.807) is 11.3 Å². The molecule has 1 heterocycles. The molecule has 0 unspecified atom stereocenters. The van der Waals surface area contributed by atoms with Gasteiger partial charge in [0.2, 0.25) is 0 Å². The van der Waals surface area contributed by atoms with Gasteiger partial charge < -0.3 is 5.11 Å². The molecule has 0 radical (unpaired) electrons. The Morgan fingerprint density at radius 1 is 1.50 bits per heavy atom. The second-order valence-corrected chi connectivity index (χ2v) is 8.05. The van der Waals surface area contributed by atoms with Crippen LogP contribution >= 0.6 is 27.3 Å². The molecule has 0 atom stereocenters. The van der Waals surface area contributed by atoms with Gasteiger partial charge >= 0.3 is 5.97 Å². The Morgan fingerprint density at radius 3 is 2.67 bits per heavy atom. The van der Waals surface area contributed by atoms with Gasteiger partial charge in [-0.3, -0.25) is 4.79 Å². The molecule has 1 saturated carbocycles. The van der Waals surface area contributed by atoms with E-state index in [0.29, 0.717) is 6.42 Å². The summed E-state index contributed by atoms with van der Waals surface area (Å²) in [5.41, 5.74) is 1.44. The Labute approximate surface area is 121 Å². The minimum absolute atomic E-state index is 0.0622. The van der Waals surface area contributed by atoms with Gasteiger partial charge in [0.1, 0.15) is 0 Å². The Balaban J connectivity index is 2.02. The third kappa shape index (κ3) is 3.35. The molecule has 0 spiro atoms. The van der Waals surface area contributed by atoms with Crippen LogP contribution in [0.25, 0.3) is 0 Å². The molecule has 1 N–H and O–H groups in total. The van der Waals surface area contributed by atoms with Crippen molar-refractivity contribution in [2.24, 2.45) is 5.41 Å². The van der Waals surface area contributed by atoms with E-state index in [2.05, 4.69) is 28.9 Å². The van der Waals surface area contributed by atoms with E-state index in [4.69, 9.17) is 5.11 Å². The number of hydrogen-bond donors (Lipinski definition) is 1. The summed E-state index contributed by atoms with van der Waals surface area (Å²) in [7, 11) is 0. The topological polar surface area (TPSA) is 37.3 Å². The molecular weight excluding hydrogens is 312 g/mol. The normalized spacial score (nSPS) is 18.1. The molecule has 1 aliphatic rings. The zero-order valence-electron chi connectivity index (χ0n) is 10.7. The van der Waals surface area contributed by atoms with Crippen LogP contribution in [-0.2, 0) is 11.2 Å². The fraction of sp³-hybridized carbons (Fsp3) is 0.643. The molecule has 4 heteroatoms. The lowest BCUT2D eigenvalue weighted by Gasteiger charge is -2.27. The van der Waals surface area contributed by atoms with Crippen LogP contribution in [-0.4, -0.2) is 11.1 Å². The molecule has 1 aromatic rings. The van der Waals surface area contributed by atoms with E-state index >= 15 is 0 Å². The Morgan fingerprint density at radius 2 is 2.17 bits per heavy atom. The molecule has 0 saturated heterocycles. The molecule has 1 fully saturated rings. The molecule has 1 aromatic heterocycles. The maximum absolute atomic E-state index is 11.0. The highest BCUT2D eigenvalue weighted by Gasteiger charge is 2.35. The van der Waals surface area contributed by atoms with Crippen molar-refractivity contribution in [2.75, 3.05) is 0 Å². The van der Waals surface area contributed by atoms with Crippen molar-refractivity contribution in [1.82, 2.24) is 0 Å². The first-order valence-corrected chi connectivity index (χ1v) is 8.08. The molecule has 2 nitrogen and oxygen atoms in total. The van der Waals surface area contributed by atoms with Gasteiger partial charge in [0, 0.05) is 4.88 Å². The first-order valence-electron chi connectivity index (χ1n) is 6.47. The number of aliphatic carboxylic acids is 1. The van der Waals surface area contributed by atoms with E-state index in [0.717, 1.165) is 25.7 Å². The minimum atomic E-state index is -0.639. The number of rotatable bonds is 5. The quantitative estimate of drug-likeness (QED) is 0.842. The summed E-state index contributed by atoms with van der Waals surface area (Å²) in [6.45, 7) is 2.14. The van der Waals surface area contributed by atoms with Gasteiger partial charge in [-0.2, -0.15) is 0 Å². The summed E-state index contributed by atoms with van der Waals surface area (Å²) in [6.07, 6.45) is 6.94. The van der Waals surface area contributed by atoms with E-state index in [1.807, 2.05) is 0 Å². The average molecular weight is 331 g/mol. The SMILES string of the molecule is Cc1sc(Br)cc1CCC1(CC(=O)O)CCCC1. The highest BCUT2D eigenvalue weighted by atomic mass is 79.9. The zero-order valence-corrected chi connectivity index (χ0v) is 13.1. The van der Waals surface area contributed by atoms with Crippen LogP contribution in [0.3, 0.4) is 0 Å². The van der Waals surface area contributed by atoms with Crippen molar-refractivity contribution in [3.8, 4) is 0 Å². The number of aryl methyl sites for hydroxylation is 2. The standard InChI is InChI=1S/C14H19BrO2S/c1-10-11(8-12(15)18-10)4-7-14(9-13(16)17)5-2-3-6-14/h8H,2-7,9H2,1H3,(H,16,17). The van der Waals surface area contributed by atoms with Gasteiger partial charge in [0.25, 0.3) is 0 Å². The van der Waals surface area contributed by atoms with Crippen LogP contribution in [0.2, 0.25) is 0 Å². The molecule has 0 bridgehead atoms. The highest BCUT2D eigenvalue weighted by Crippen LogP contribution is 2.45. The number of halogens is 1. The lowest BCUT2D eigenvalue weighted by molar-refractivity contribution is -0.139. The average Bonchev–Trinajstić information content (AvgIpc) is 2.83. The van der Waals surface area contributed by atoms with Crippen molar-refractivity contribution in [1.29, 1.82) is 0 Å². The maximum Gasteiger partial charge on any atom is 0.303 e. The third-order valence-electron chi connectivity index (χ3n) is 4.11. The van der Waals surface area contributed by atoms with Crippen LogP contribution < -0.4 is 0 Å². The number of thiophene rings is 1. The van der Waals surface area contributed by atoms with Gasteiger partial charge in [0.15, 0.2) is 0 Å². The lowest BCUT2D eigenvalue weighted by atomic mass is 9.78. The van der Waals surface area contributed by atoms with E-state index in [1.165, 1.54) is 27.1 Å². The minimum Gasteiger partial charge on any atom is -0.481 e. The van der Waals surface area contributed by atoms with Crippen molar-refractivity contribution in [3.05, 3.63) is 20.3 Å². The van der Waals surface area contributed by atoms with Crippen molar-refractivity contribution < 1.29 is 9.90 Å². The van der Waals surface area contributed by atoms with E-state index in [9.17, 15) is 4.79 Å². The highest BCUT2D eigenvalue weighted by molar-refractivity contribution is 9.11. The van der Waals surface area contributed by atoms with Gasteiger partial charge in [-0.05, 0) is 65.6 Å². The number of carboxylic acid groups (broad SMARTS) is 1. The second-order valence-electron chi connectivity index (χ2n) is 5.41. The van der Waals surface area contributed by atoms with Crippen LogP contribution in [0.5, 0.6) is 0 Å². The van der Waals surface area contributed by atoms with Crippen LogP contribution in [0.15, 0.2) is 9.85 Å². The fourth-order valence-corrected chi connectivity index (χ4v) is 4.88. The first kappa shape index (κ1) is 14.1. The van der Waals surface area contributed by atoms with Crippen molar-refractivity contribution in [2.45, 2.75) is 51.9 Å². The van der Waals surface area contributed by atoms with Crippen LogP contribution in [0.1, 0.15) is 49.0 Å². The van der Waals surface area contributed by atoms with Crippen molar-refractivity contribution >= 4 is 33.2 Å². The fourth-order valence-electron chi connectivity index (χ4n) is 3.09. The predicted molar refractivity (Wildman–Crippen MR) is 78.2 cm³/mol. The molecule has 0 aliphatic heterocycles. The van der Waals surface area contributed by atoms with E-state index < -0.39 is 5.97 Å². The largest absolute Gasteiger partial charge is 0.481 e. The van der Waals surface area contributed by atoms with E-state index in [-0.39, 0.29) is 5.41 Å².